The minimum Gasteiger partial charge on any atom is -0.394 e. The normalized spacial score (nSPS) is 23.9. The highest BCUT2D eigenvalue weighted by molar-refractivity contribution is 7.88. The maximum absolute atomic E-state index is 12.0. The number of likely N-dealkylation sites (N-methyl/N-ethyl adjacent to an activating group) is 1. The Bertz CT molecular complexity index is 743. The number of allylic oxidation sites excluding steroid dienone is 1. The zero-order valence-electron chi connectivity index (χ0n) is 15.1. The molecule has 0 radical (unpaired) electrons. The minimum atomic E-state index is -3.34. The molecule has 1 aliphatic rings. The van der Waals surface area contributed by atoms with E-state index in [9.17, 15) is 18.3 Å². The van der Waals surface area contributed by atoms with Crippen LogP contribution < -0.4 is 0 Å². The maximum atomic E-state index is 12.0. The zero-order valence-corrected chi connectivity index (χ0v) is 15.9. The Morgan fingerprint density at radius 1 is 1.28 bits per heavy atom. The van der Waals surface area contributed by atoms with E-state index in [4.69, 9.17) is 0 Å². The molecule has 1 amide bonds. The Hall–Kier alpha value is -1.70. The van der Waals surface area contributed by atoms with Gasteiger partial charge < -0.3 is 10.0 Å². The van der Waals surface area contributed by atoms with Crippen LogP contribution in [-0.4, -0.2) is 67.2 Å². The SMILES string of the molecule is C/C=C/c1ccc([C@@H]2[C@@H](CO)N(C(C)=O)[C@@H]2CN(C)S(C)(=O)=O)cc1. The van der Waals surface area contributed by atoms with Crippen LogP contribution in [0.3, 0.4) is 0 Å². The van der Waals surface area contributed by atoms with Crippen LogP contribution in [0.4, 0.5) is 0 Å². The number of aliphatic hydroxyl groups excluding tert-OH is 1. The van der Waals surface area contributed by atoms with Crippen LogP contribution in [-0.2, 0) is 14.8 Å². The molecule has 6 nitrogen and oxygen atoms in total. The molecule has 1 heterocycles. The molecule has 1 N–H and O–H groups in total. The van der Waals surface area contributed by atoms with Crippen molar-refractivity contribution in [1.29, 1.82) is 0 Å². The number of rotatable bonds is 6. The molecule has 0 saturated carbocycles. The van der Waals surface area contributed by atoms with Gasteiger partial charge in [0.2, 0.25) is 15.9 Å². The average Bonchev–Trinajstić information content (AvgIpc) is 2.51. The van der Waals surface area contributed by atoms with Gasteiger partial charge in [-0.2, -0.15) is 0 Å². The van der Waals surface area contributed by atoms with Gasteiger partial charge in [-0.1, -0.05) is 36.4 Å². The van der Waals surface area contributed by atoms with Crippen molar-refractivity contribution >= 4 is 22.0 Å². The molecule has 1 aromatic rings. The highest BCUT2D eigenvalue weighted by Gasteiger charge is 2.50. The van der Waals surface area contributed by atoms with E-state index in [1.165, 1.54) is 18.3 Å². The van der Waals surface area contributed by atoms with E-state index in [-0.39, 0.29) is 37.1 Å². The molecule has 2 rings (SSSR count). The fourth-order valence-electron chi connectivity index (χ4n) is 3.48. The predicted molar refractivity (Wildman–Crippen MR) is 98.5 cm³/mol. The first kappa shape index (κ1) is 19.6. The van der Waals surface area contributed by atoms with E-state index in [2.05, 4.69) is 0 Å². The summed E-state index contributed by atoms with van der Waals surface area (Å²) in [6.07, 6.45) is 5.09. The van der Waals surface area contributed by atoms with Gasteiger partial charge in [-0.25, -0.2) is 12.7 Å². The fraction of sp³-hybridized carbons (Fsp3) is 0.500. The van der Waals surface area contributed by atoms with E-state index in [1.54, 1.807) is 4.90 Å². The predicted octanol–water partition coefficient (Wildman–Crippen LogP) is 1.29. The van der Waals surface area contributed by atoms with Crippen LogP contribution in [0, 0.1) is 0 Å². The van der Waals surface area contributed by atoms with Crippen molar-refractivity contribution in [2.24, 2.45) is 0 Å². The molecular weight excluding hydrogens is 340 g/mol. The van der Waals surface area contributed by atoms with E-state index in [0.717, 1.165) is 17.4 Å². The van der Waals surface area contributed by atoms with Crippen molar-refractivity contribution in [3.8, 4) is 0 Å². The quantitative estimate of drug-likeness (QED) is 0.823. The van der Waals surface area contributed by atoms with Crippen molar-refractivity contribution < 1.29 is 18.3 Å². The van der Waals surface area contributed by atoms with E-state index < -0.39 is 10.0 Å². The van der Waals surface area contributed by atoms with Crippen LogP contribution in [0.25, 0.3) is 6.08 Å². The van der Waals surface area contributed by atoms with Gasteiger partial charge in [-0.3, -0.25) is 4.79 Å². The number of carbonyl (C=O) groups is 1. The van der Waals surface area contributed by atoms with Crippen molar-refractivity contribution in [2.75, 3.05) is 26.5 Å². The summed E-state index contributed by atoms with van der Waals surface area (Å²) >= 11 is 0. The Balaban J connectivity index is 2.32. The van der Waals surface area contributed by atoms with Gasteiger partial charge >= 0.3 is 0 Å². The number of carbonyl (C=O) groups excluding carboxylic acids is 1. The molecule has 7 heteroatoms. The standard InChI is InChI=1S/C18H26N2O4S/c1-5-6-14-7-9-15(10-8-14)18-16(11-19(3)25(4,23)24)20(13(2)22)17(18)12-21/h5-10,16-18,21H,11-12H2,1-4H3/b6-5+/t16-,17-,18+/m1/s1. The molecule has 25 heavy (non-hydrogen) atoms. The number of sulfonamides is 1. The molecular formula is C18H26N2O4S. The molecule has 0 aromatic heterocycles. The number of aliphatic hydroxyl groups is 1. The summed E-state index contributed by atoms with van der Waals surface area (Å²) in [5.74, 6) is -0.259. The fourth-order valence-corrected chi connectivity index (χ4v) is 3.91. The lowest BCUT2D eigenvalue weighted by atomic mass is 9.75. The smallest absolute Gasteiger partial charge is 0.220 e. The summed E-state index contributed by atoms with van der Waals surface area (Å²) in [5.41, 5.74) is 2.07. The molecule has 1 aromatic carbocycles. The molecule has 138 valence electrons. The number of nitrogens with zero attached hydrogens (tertiary/aromatic N) is 2. The van der Waals surface area contributed by atoms with Gasteiger partial charge in [0.1, 0.15) is 0 Å². The first-order valence-corrected chi connectivity index (χ1v) is 10.1. The summed E-state index contributed by atoms with van der Waals surface area (Å²) in [6.45, 7) is 3.45. The molecule has 3 atom stereocenters. The lowest BCUT2D eigenvalue weighted by Crippen LogP contribution is -2.68. The lowest BCUT2D eigenvalue weighted by Gasteiger charge is -2.55. The summed E-state index contributed by atoms with van der Waals surface area (Å²) in [6, 6.07) is 7.31. The van der Waals surface area contributed by atoms with Crippen molar-refractivity contribution in [1.82, 2.24) is 9.21 Å². The Kier molecular flexibility index (Phi) is 6.03. The Labute approximate surface area is 149 Å². The van der Waals surface area contributed by atoms with Gasteiger partial charge in [0, 0.05) is 26.4 Å². The number of hydrogen-bond acceptors (Lipinski definition) is 4. The van der Waals surface area contributed by atoms with E-state index >= 15 is 0 Å². The van der Waals surface area contributed by atoms with Crippen molar-refractivity contribution in [3.05, 3.63) is 41.5 Å². The van der Waals surface area contributed by atoms with E-state index in [0.29, 0.717) is 0 Å². The monoisotopic (exact) mass is 366 g/mol. The third kappa shape index (κ3) is 4.11. The first-order chi connectivity index (χ1) is 11.7. The Morgan fingerprint density at radius 2 is 1.88 bits per heavy atom. The maximum Gasteiger partial charge on any atom is 0.220 e. The number of benzene rings is 1. The zero-order chi connectivity index (χ0) is 18.8. The molecule has 0 spiro atoms. The summed E-state index contributed by atoms with van der Waals surface area (Å²) < 4.78 is 24.8. The second-order valence-electron chi connectivity index (χ2n) is 6.48. The van der Waals surface area contributed by atoms with Gasteiger partial charge in [-0.15, -0.1) is 0 Å². The topological polar surface area (TPSA) is 77.9 Å². The van der Waals surface area contributed by atoms with Gasteiger partial charge in [-0.05, 0) is 18.1 Å². The third-order valence-electron chi connectivity index (χ3n) is 4.79. The minimum absolute atomic E-state index is 0.0993. The van der Waals surface area contributed by atoms with Gasteiger partial charge in [0.25, 0.3) is 0 Å². The molecule has 1 fully saturated rings. The second kappa shape index (κ2) is 7.68. The average molecular weight is 366 g/mol. The third-order valence-corrected chi connectivity index (χ3v) is 6.07. The summed E-state index contributed by atoms with van der Waals surface area (Å²) in [7, 11) is -1.84. The van der Waals surface area contributed by atoms with Crippen LogP contribution in [0.15, 0.2) is 30.3 Å². The van der Waals surface area contributed by atoms with Crippen LogP contribution in [0.2, 0.25) is 0 Å². The molecule has 1 aliphatic heterocycles. The summed E-state index contributed by atoms with van der Waals surface area (Å²) in [5, 5.41) is 9.75. The van der Waals surface area contributed by atoms with Crippen LogP contribution in [0.1, 0.15) is 30.9 Å². The molecule has 0 bridgehead atoms. The van der Waals surface area contributed by atoms with Crippen LogP contribution in [0.5, 0.6) is 0 Å². The first-order valence-electron chi connectivity index (χ1n) is 8.24. The largest absolute Gasteiger partial charge is 0.394 e. The van der Waals surface area contributed by atoms with E-state index in [1.807, 2.05) is 43.3 Å². The van der Waals surface area contributed by atoms with Crippen LogP contribution >= 0.6 is 0 Å². The second-order valence-corrected chi connectivity index (χ2v) is 8.57. The Morgan fingerprint density at radius 3 is 2.32 bits per heavy atom. The van der Waals surface area contributed by atoms with Gasteiger partial charge in [0.15, 0.2) is 0 Å². The van der Waals surface area contributed by atoms with Crippen molar-refractivity contribution in [3.63, 3.8) is 0 Å². The van der Waals surface area contributed by atoms with Gasteiger partial charge in [0.05, 0.1) is 24.9 Å². The summed E-state index contributed by atoms with van der Waals surface area (Å²) in [4.78, 5) is 13.6. The van der Waals surface area contributed by atoms with Crippen molar-refractivity contribution in [2.45, 2.75) is 31.8 Å². The number of amides is 1. The number of likely N-dealkylation sites (tertiary alicyclic amines) is 1. The number of hydrogen-bond donors (Lipinski definition) is 1. The lowest BCUT2D eigenvalue weighted by molar-refractivity contribution is -0.148. The highest BCUT2D eigenvalue weighted by atomic mass is 32.2. The molecule has 0 unspecified atom stereocenters. The molecule has 0 aliphatic carbocycles. The molecule has 1 saturated heterocycles. The highest BCUT2D eigenvalue weighted by Crippen LogP contribution is 2.41.